The highest BCUT2D eigenvalue weighted by Gasteiger charge is 2.22. The average molecular weight is 211 g/mol. The molecular formula is C11H14FNO2. The first kappa shape index (κ1) is 11.7. The van der Waals surface area contributed by atoms with Crippen molar-refractivity contribution in [2.75, 3.05) is 0 Å². The van der Waals surface area contributed by atoms with Gasteiger partial charge in [-0.15, -0.1) is 0 Å². The summed E-state index contributed by atoms with van der Waals surface area (Å²) in [5.74, 6) is -1.54. The molecule has 1 aromatic rings. The number of nitrogens with two attached hydrogens (primary N) is 1. The molecule has 0 fully saturated rings. The van der Waals surface area contributed by atoms with Crippen LogP contribution in [0.1, 0.15) is 35.3 Å². The summed E-state index contributed by atoms with van der Waals surface area (Å²) in [7, 11) is 0. The highest BCUT2D eigenvalue weighted by Crippen LogP contribution is 2.24. The van der Waals surface area contributed by atoms with E-state index in [0.717, 1.165) is 0 Å². The third-order valence-corrected chi connectivity index (χ3v) is 2.24. The molecule has 0 aromatic heterocycles. The van der Waals surface area contributed by atoms with E-state index in [0.29, 0.717) is 5.56 Å². The van der Waals surface area contributed by atoms with Crippen molar-refractivity contribution in [3.05, 3.63) is 34.6 Å². The summed E-state index contributed by atoms with van der Waals surface area (Å²) < 4.78 is 13.5. The van der Waals surface area contributed by atoms with Crippen molar-refractivity contribution in [1.82, 2.24) is 0 Å². The second-order valence-electron chi connectivity index (χ2n) is 4.17. The maximum absolute atomic E-state index is 13.5. The zero-order valence-electron chi connectivity index (χ0n) is 8.97. The van der Waals surface area contributed by atoms with Gasteiger partial charge < -0.3 is 10.8 Å². The van der Waals surface area contributed by atoms with Crippen molar-refractivity contribution in [3.63, 3.8) is 0 Å². The number of carboxylic acids is 1. The van der Waals surface area contributed by atoms with Gasteiger partial charge in [0.25, 0.3) is 0 Å². The van der Waals surface area contributed by atoms with Gasteiger partial charge >= 0.3 is 5.97 Å². The van der Waals surface area contributed by atoms with Gasteiger partial charge in [0, 0.05) is 11.1 Å². The lowest BCUT2D eigenvalue weighted by Gasteiger charge is -2.21. The topological polar surface area (TPSA) is 63.3 Å². The molecule has 0 aliphatic rings. The summed E-state index contributed by atoms with van der Waals surface area (Å²) in [6.07, 6.45) is 0. The molecule has 0 atom stereocenters. The number of carboxylic acid groups (broad SMARTS) is 1. The lowest BCUT2D eigenvalue weighted by atomic mass is 9.91. The van der Waals surface area contributed by atoms with E-state index < -0.39 is 17.3 Å². The summed E-state index contributed by atoms with van der Waals surface area (Å²) >= 11 is 0. The van der Waals surface area contributed by atoms with E-state index in [1.54, 1.807) is 20.8 Å². The molecule has 82 valence electrons. The molecule has 0 radical (unpaired) electrons. The molecule has 3 nitrogen and oxygen atoms in total. The molecule has 0 saturated heterocycles. The van der Waals surface area contributed by atoms with Crippen LogP contribution in [0.5, 0.6) is 0 Å². The molecule has 1 aromatic carbocycles. The Morgan fingerprint density at radius 3 is 2.40 bits per heavy atom. The molecule has 4 heteroatoms. The minimum Gasteiger partial charge on any atom is -0.478 e. The van der Waals surface area contributed by atoms with Gasteiger partial charge in [-0.2, -0.15) is 0 Å². The normalized spacial score (nSPS) is 11.5. The largest absolute Gasteiger partial charge is 0.478 e. The van der Waals surface area contributed by atoms with E-state index in [9.17, 15) is 9.18 Å². The molecule has 1 rings (SSSR count). The average Bonchev–Trinajstić information content (AvgIpc) is 2.00. The fraction of sp³-hybridized carbons (Fsp3) is 0.364. The number of hydrogen-bond acceptors (Lipinski definition) is 2. The first-order valence-corrected chi connectivity index (χ1v) is 4.56. The Bertz CT molecular complexity index is 408. The van der Waals surface area contributed by atoms with Gasteiger partial charge in [-0.3, -0.25) is 0 Å². The van der Waals surface area contributed by atoms with E-state index in [4.69, 9.17) is 10.8 Å². The van der Waals surface area contributed by atoms with Crippen molar-refractivity contribution in [2.45, 2.75) is 26.3 Å². The van der Waals surface area contributed by atoms with Crippen LogP contribution in [0.2, 0.25) is 0 Å². The highest BCUT2D eigenvalue weighted by atomic mass is 19.1. The Morgan fingerprint density at radius 1 is 1.47 bits per heavy atom. The monoisotopic (exact) mass is 211 g/mol. The number of aromatic carboxylic acids is 1. The summed E-state index contributed by atoms with van der Waals surface area (Å²) in [5.41, 5.74) is 5.55. The van der Waals surface area contributed by atoms with E-state index in [-0.39, 0.29) is 11.1 Å². The summed E-state index contributed by atoms with van der Waals surface area (Å²) in [4.78, 5) is 10.8. The maximum Gasteiger partial charge on any atom is 0.335 e. The minimum atomic E-state index is -1.07. The molecule has 0 unspecified atom stereocenters. The van der Waals surface area contributed by atoms with E-state index in [1.807, 2.05) is 0 Å². The maximum atomic E-state index is 13.5. The lowest BCUT2D eigenvalue weighted by molar-refractivity contribution is 0.0696. The minimum absolute atomic E-state index is 0.0879. The van der Waals surface area contributed by atoms with Crippen LogP contribution in [0, 0.1) is 12.7 Å². The predicted octanol–water partition coefficient (Wildman–Crippen LogP) is 2.03. The van der Waals surface area contributed by atoms with Crippen LogP contribution in [-0.2, 0) is 5.54 Å². The fourth-order valence-electron chi connectivity index (χ4n) is 1.40. The van der Waals surface area contributed by atoms with Crippen molar-refractivity contribution < 1.29 is 14.3 Å². The van der Waals surface area contributed by atoms with Crippen molar-refractivity contribution >= 4 is 5.97 Å². The summed E-state index contributed by atoms with van der Waals surface area (Å²) in [5, 5.41) is 8.88. The Balaban J connectivity index is 3.43. The van der Waals surface area contributed by atoms with E-state index in [1.165, 1.54) is 12.1 Å². The molecule has 3 N–H and O–H groups in total. The number of aryl methyl sites for hydroxylation is 1. The fourth-order valence-corrected chi connectivity index (χ4v) is 1.40. The first-order chi connectivity index (χ1) is 6.73. The smallest absolute Gasteiger partial charge is 0.335 e. The predicted molar refractivity (Wildman–Crippen MR) is 55.3 cm³/mol. The van der Waals surface area contributed by atoms with Gasteiger partial charge in [-0.25, -0.2) is 9.18 Å². The third-order valence-electron chi connectivity index (χ3n) is 2.24. The quantitative estimate of drug-likeness (QED) is 0.786. The van der Waals surface area contributed by atoms with E-state index in [2.05, 4.69) is 0 Å². The number of rotatable bonds is 2. The molecule has 15 heavy (non-hydrogen) atoms. The van der Waals surface area contributed by atoms with Crippen LogP contribution in [0.25, 0.3) is 0 Å². The van der Waals surface area contributed by atoms with Crippen molar-refractivity contribution in [1.29, 1.82) is 0 Å². The Kier molecular flexibility index (Phi) is 2.81. The van der Waals surface area contributed by atoms with Gasteiger partial charge in [-0.05, 0) is 38.5 Å². The summed E-state index contributed by atoms with van der Waals surface area (Å²) in [6.45, 7) is 4.82. The van der Waals surface area contributed by atoms with Gasteiger partial charge in [0.15, 0.2) is 0 Å². The second-order valence-corrected chi connectivity index (χ2v) is 4.17. The van der Waals surface area contributed by atoms with Crippen molar-refractivity contribution in [3.8, 4) is 0 Å². The van der Waals surface area contributed by atoms with Gasteiger partial charge in [0.1, 0.15) is 5.82 Å². The zero-order valence-corrected chi connectivity index (χ0v) is 8.97. The van der Waals surface area contributed by atoms with Crippen LogP contribution in [0.4, 0.5) is 4.39 Å². The molecule has 0 spiro atoms. The zero-order chi connectivity index (χ0) is 11.8. The van der Waals surface area contributed by atoms with Crippen LogP contribution in [-0.4, -0.2) is 11.1 Å². The molecule has 0 heterocycles. The van der Waals surface area contributed by atoms with Gasteiger partial charge in [0.2, 0.25) is 0 Å². The second kappa shape index (κ2) is 3.62. The van der Waals surface area contributed by atoms with Gasteiger partial charge in [0.05, 0.1) is 5.56 Å². The number of carbonyl (C=O) groups is 1. The lowest BCUT2D eigenvalue weighted by Crippen LogP contribution is -2.30. The van der Waals surface area contributed by atoms with Crippen LogP contribution in [0.15, 0.2) is 12.1 Å². The Hall–Kier alpha value is -1.42. The molecule has 0 bridgehead atoms. The molecule has 0 aliphatic heterocycles. The number of hydrogen-bond donors (Lipinski definition) is 2. The third kappa shape index (κ3) is 2.33. The molecule has 0 amide bonds. The van der Waals surface area contributed by atoms with Crippen LogP contribution >= 0.6 is 0 Å². The van der Waals surface area contributed by atoms with Crippen LogP contribution < -0.4 is 5.73 Å². The standard InChI is InChI=1S/C11H14FNO2/c1-6-4-9(12)8(11(2,3)13)5-7(6)10(14)15/h4-5H,13H2,1-3H3,(H,14,15). The number of benzene rings is 1. The number of halogens is 1. The van der Waals surface area contributed by atoms with Crippen LogP contribution in [0.3, 0.4) is 0 Å². The first-order valence-electron chi connectivity index (χ1n) is 4.56. The van der Waals surface area contributed by atoms with Gasteiger partial charge in [-0.1, -0.05) is 0 Å². The molecule has 0 aliphatic carbocycles. The SMILES string of the molecule is Cc1cc(F)c(C(C)(C)N)cc1C(=O)O. The Morgan fingerprint density at radius 2 is 2.00 bits per heavy atom. The molecule has 0 saturated carbocycles. The van der Waals surface area contributed by atoms with E-state index >= 15 is 0 Å². The highest BCUT2D eigenvalue weighted by molar-refractivity contribution is 5.89. The summed E-state index contributed by atoms with van der Waals surface area (Å²) in [6, 6.07) is 2.50. The molecular weight excluding hydrogens is 197 g/mol. The van der Waals surface area contributed by atoms with Crippen molar-refractivity contribution in [2.24, 2.45) is 5.73 Å². The Labute approximate surface area is 87.7 Å².